The third-order valence-electron chi connectivity index (χ3n) is 2.56. The Morgan fingerprint density at radius 2 is 2.14 bits per heavy atom. The first-order chi connectivity index (χ1) is 10.0. The minimum atomic E-state index is -0.0875. The Morgan fingerprint density at radius 3 is 2.71 bits per heavy atom. The van der Waals surface area contributed by atoms with Crippen LogP contribution in [0.4, 0.5) is 5.82 Å². The Kier molecular flexibility index (Phi) is 7.21. The number of hydrogen-bond donors (Lipinski definition) is 3. The van der Waals surface area contributed by atoms with E-state index in [4.69, 9.17) is 0 Å². The van der Waals surface area contributed by atoms with E-state index in [2.05, 4.69) is 25.9 Å². The van der Waals surface area contributed by atoms with Crippen molar-refractivity contribution in [2.75, 3.05) is 18.4 Å². The van der Waals surface area contributed by atoms with Crippen LogP contribution in [0.3, 0.4) is 0 Å². The number of nitrogens with one attached hydrogen (secondary N) is 3. The van der Waals surface area contributed by atoms with E-state index in [0.29, 0.717) is 24.8 Å². The van der Waals surface area contributed by atoms with Gasteiger partial charge < -0.3 is 16.0 Å². The molecule has 0 spiro atoms. The van der Waals surface area contributed by atoms with Crippen LogP contribution in [0.25, 0.3) is 0 Å². The summed E-state index contributed by atoms with van der Waals surface area (Å²) < 4.78 is 0. The summed E-state index contributed by atoms with van der Waals surface area (Å²) in [6, 6.07) is 4.01. The molecule has 116 valence electrons. The fourth-order valence-electron chi connectivity index (χ4n) is 1.61. The van der Waals surface area contributed by atoms with Crippen molar-refractivity contribution in [3.8, 4) is 0 Å². The van der Waals surface area contributed by atoms with Gasteiger partial charge in [-0.2, -0.15) is 0 Å². The SMILES string of the molecule is CCNC(=NCCC(=O)Nc1ccc(C)cn1)NC(C)C. The zero-order chi connectivity index (χ0) is 15.7. The van der Waals surface area contributed by atoms with Crippen LogP contribution >= 0.6 is 0 Å². The summed E-state index contributed by atoms with van der Waals surface area (Å²) in [6.45, 7) is 9.27. The molecular formula is C15H25N5O. The first-order valence-electron chi connectivity index (χ1n) is 7.28. The predicted molar refractivity (Wildman–Crippen MR) is 86.5 cm³/mol. The average molecular weight is 291 g/mol. The van der Waals surface area contributed by atoms with E-state index in [1.54, 1.807) is 12.3 Å². The molecule has 0 bridgehead atoms. The molecule has 3 N–H and O–H groups in total. The monoisotopic (exact) mass is 291 g/mol. The maximum absolute atomic E-state index is 11.8. The molecule has 6 nitrogen and oxygen atoms in total. The van der Waals surface area contributed by atoms with Crippen LogP contribution in [-0.2, 0) is 4.79 Å². The fourth-order valence-corrected chi connectivity index (χ4v) is 1.61. The highest BCUT2D eigenvalue weighted by Crippen LogP contribution is 2.04. The topological polar surface area (TPSA) is 78.4 Å². The van der Waals surface area contributed by atoms with Crippen LogP contribution in [0.15, 0.2) is 23.3 Å². The number of rotatable bonds is 6. The molecule has 1 rings (SSSR count). The third kappa shape index (κ3) is 7.29. The van der Waals surface area contributed by atoms with Gasteiger partial charge in [-0.15, -0.1) is 0 Å². The number of hydrogen-bond acceptors (Lipinski definition) is 3. The Labute approximate surface area is 126 Å². The smallest absolute Gasteiger partial charge is 0.227 e. The van der Waals surface area contributed by atoms with Gasteiger partial charge in [-0.05, 0) is 39.3 Å². The van der Waals surface area contributed by atoms with Crippen molar-refractivity contribution >= 4 is 17.7 Å². The average Bonchev–Trinajstić information content (AvgIpc) is 2.41. The summed E-state index contributed by atoms with van der Waals surface area (Å²) in [6.07, 6.45) is 2.05. The van der Waals surface area contributed by atoms with E-state index in [9.17, 15) is 4.79 Å². The van der Waals surface area contributed by atoms with Crippen molar-refractivity contribution in [1.82, 2.24) is 15.6 Å². The molecular weight excluding hydrogens is 266 g/mol. The van der Waals surface area contributed by atoms with Gasteiger partial charge in [-0.25, -0.2) is 4.98 Å². The molecule has 0 aliphatic heterocycles. The summed E-state index contributed by atoms with van der Waals surface area (Å²) in [5, 5.41) is 9.10. The zero-order valence-electron chi connectivity index (χ0n) is 13.2. The minimum Gasteiger partial charge on any atom is -0.357 e. The zero-order valence-corrected chi connectivity index (χ0v) is 13.2. The Balaban J connectivity index is 2.42. The van der Waals surface area contributed by atoms with Crippen LogP contribution in [0.5, 0.6) is 0 Å². The number of nitrogens with zero attached hydrogens (tertiary/aromatic N) is 2. The molecule has 0 aliphatic rings. The number of aryl methyl sites for hydroxylation is 1. The highest BCUT2D eigenvalue weighted by atomic mass is 16.1. The Morgan fingerprint density at radius 1 is 1.38 bits per heavy atom. The van der Waals surface area contributed by atoms with Crippen LogP contribution in [0, 0.1) is 6.92 Å². The van der Waals surface area contributed by atoms with Gasteiger partial charge in [0.2, 0.25) is 5.91 Å². The lowest BCUT2D eigenvalue weighted by Gasteiger charge is -2.13. The lowest BCUT2D eigenvalue weighted by molar-refractivity contribution is -0.116. The van der Waals surface area contributed by atoms with Gasteiger partial charge in [0, 0.05) is 25.2 Å². The molecule has 0 atom stereocenters. The highest BCUT2D eigenvalue weighted by molar-refractivity contribution is 5.90. The largest absolute Gasteiger partial charge is 0.357 e. The molecule has 1 heterocycles. The number of guanidine groups is 1. The number of pyridine rings is 1. The molecule has 21 heavy (non-hydrogen) atoms. The fraction of sp³-hybridized carbons (Fsp3) is 0.533. The summed E-state index contributed by atoms with van der Waals surface area (Å²) in [7, 11) is 0. The van der Waals surface area contributed by atoms with Gasteiger partial charge >= 0.3 is 0 Å². The highest BCUT2D eigenvalue weighted by Gasteiger charge is 2.04. The van der Waals surface area contributed by atoms with Crippen LogP contribution in [0.1, 0.15) is 32.8 Å². The second kappa shape index (κ2) is 8.94. The van der Waals surface area contributed by atoms with Crippen molar-refractivity contribution < 1.29 is 4.79 Å². The van der Waals surface area contributed by atoms with E-state index in [1.807, 2.05) is 33.8 Å². The first-order valence-corrected chi connectivity index (χ1v) is 7.28. The van der Waals surface area contributed by atoms with Gasteiger partial charge in [0.15, 0.2) is 5.96 Å². The molecule has 0 unspecified atom stereocenters. The third-order valence-corrected chi connectivity index (χ3v) is 2.56. The number of carbonyl (C=O) groups is 1. The van der Waals surface area contributed by atoms with E-state index in [0.717, 1.165) is 18.1 Å². The molecule has 0 aliphatic carbocycles. The van der Waals surface area contributed by atoms with E-state index in [1.165, 1.54) is 0 Å². The molecule has 1 aromatic rings. The van der Waals surface area contributed by atoms with Crippen LogP contribution in [0.2, 0.25) is 0 Å². The maximum Gasteiger partial charge on any atom is 0.227 e. The van der Waals surface area contributed by atoms with Crippen molar-refractivity contribution in [3.05, 3.63) is 23.9 Å². The van der Waals surface area contributed by atoms with Crippen molar-refractivity contribution in [1.29, 1.82) is 0 Å². The lowest BCUT2D eigenvalue weighted by Crippen LogP contribution is -2.41. The minimum absolute atomic E-state index is 0.0875. The summed E-state index contributed by atoms with van der Waals surface area (Å²) in [5.74, 6) is 1.21. The summed E-state index contributed by atoms with van der Waals surface area (Å²) in [4.78, 5) is 20.3. The van der Waals surface area contributed by atoms with E-state index >= 15 is 0 Å². The maximum atomic E-state index is 11.8. The van der Waals surface area contributed by atoms with Gasteiger partial charge in [-0.1, -0.05) is 6.07 Å². The van der Waals surface area contributed by atoms with Gasteiger partial charge in [0.25, 0.3) is 0 Å². The number of carbonyl (C=O) groups excluding carboxylic acids is 1. The van der Waals surface area contributed by atoms with Crippen molar-refractivity contribution in [3.63, 3.8) is 0 Å². The Bertz CT molecular complexity index is 467. The van der Waals surface area contributed by atoms with E-state index < -0.39 is 0 Å². The molecule has 6 heteroatoms. The molecule has 0 radical (unpaired) electrons. The summed E-state index contributed by atoms with van der Waals surface area (Å²) in [5.41, 5.74) is 1.06. The molecule has 1 aromatic heterocycles. The van der Waals surface area contributed by atoms with Gasteiger partial charge in [-0.3, -0.25) is 9.79 Å². The quantitative estimate of drug-likeness (QED) is 0.550. The van der Waals surface area contributed by atoms with Crippen molar-refractivity contribution in [2.45, 2.75) is 40.2 Å². The van der Waals surface area contributed by atoms with Gasteiger partial charge in [0.1, 0.15) is 5.82 Å². The molecule has 0 fully saturated rings. The van der Waals surface area contributed by atoms with Crippen LogP contribution in [-0.4, -0.2) is 36.0 Å². The van der Waals surface area contributed by atoms with Crippen molar-refractivity contribution in [2.24, 2.45) is 4.99 Å². The number of aromatic nitrogens is 1. The lowest BCUT2D eigenvalue weighted by atomic mass is 10.3. The molecule has 0 saturated heterocycles. The standard InChI is InChI=1S/C15H25N5O/c1-5-16-15(19-11(2)3)17-9-8-14(21)20-13-7-6-12(4)10-18-13/h6-7,10-11H,5,8-9H2,1-4H3,(H2,16,17,19)(H,18,20,21). The normalized spacial score (nSPS) is 11.4. The molecule has 0 saturated carbocycles. The second-order valence-corrected chi connectivity index (χ2v) is 5.08. The van der Waals surface area contributed by atoms with E-state index in [-0.39, 0.29) is 5.91 Å². The predicted octanol–water partition coefficient (Wildman–Crippen LogP) is 1.68. The number of amides is 1. The number of aliphatic imine (C=N–C) groups is 1. The molecule has 1 amide bonds. The first kappa shape index (κ1) is 16.9. The summed E-state index contributed by atoms with van der Waals surface area (Å²) >= 11 is 0. The second-order valence-electron chi connectivity index (χ2n) is 5.08. The number of anilines is 1. The van der Waals surface area contributed by atoms with Gasteiger partial charge in [0.05, 0.1) is 6.54 Å². The van der Waals surface area contributed by atoms with Crippen LogP contribution < -0.4 is 16.0 Å². The Hall–Kier alpha value is -2.11. The molecule has 0 aromatic carbocycles.